The van der Waals surface area contributed by atoms with E-state index in [9.17, 15) is 18.0 Å². The van der Waals surface area contributed by atoms with E-state index in [1.54, 1.807) is 0 Å². The third kappa shape index (κ3) is 2.58. The predicted octanol–water partition coefficient (Wildman–Crippen LogP) is 2.26. The van der Waals surface area contributed by atoms with E-state index < -0.39 is 23.5 Å². The lowest BCUT2D eigenvalue weighted by Gasteiger charge is -2.04. The molecule has 1 aromatic heterocycles. The minimum absolute atomic E-state index is 0.285. The van der Waals surface area contributed by atoms with E-state index in [-0.39, 0.29) is 5.56 Å². The van der Waals surface area contributed by atoms with Gasteiger partial charge in [0, 0.05) is 0 Å². The van der Waals surface area contributed by atoms with Crippen molar-refractivity contribution in [3.8, 4) is 5.69 Å². The Kier molecular flexibility index (Phi) is 3.39. The van der Waals surface area contributed by atoms with Crippen LogP contribution in [0.2, 0.25) is 0 Å². The number of nitrogens with two attached hydrogens (primary N) is 1. The summed E-state index contributed by atoms with van der Waals surface area (Å²) in [7, 11) is 1.24. The number of aromatic nitrogens is 2. The molecule has 0 aliphatic heterocycles. The lowest BCUT2D eigenvalue weighted by atomic mass is 10.2. The van der Waals surface area contributed by atoms with Gasteiger partial charge in [0.1, 0.15) is 0 Å². The largest absolute Gasteiger partial charge is 0.465 e. The van der Waals surface area contributed by atoms with Gasteiger partial charge in [0.05, 0.1) is 30.2 Å². The lowest BCUT2D eigenvalue weighted by Crippen LogP contribution is -2.09. The molecule has 2 rings (SSSR count). The van der Waals surface area contributed by atoms with Crippen LogP contribution in [0.25, 0.3) is 5.69 Å². The SMILES string of the molecule is COC(=O)c1ccc(-n2cc(N)c(C(F)(F)F)n2)cc1. The molecule has 0 fully saturated rings. The zero-order valence-electron chi connectivity index (χ0n) is 10.3. The molecule has 8 heteroatoms. The van der Waals surface area contributed by atoms with Crippen LogP contribution < -0.4 is 5.73 Å². The quantitative estimate of drug-likeness (QED) is 0.859. The number of hydrogen-bond donors (Lipinski definition) is 1. The molecule has 1 aromatic carbocycles. The summed E-state index contributed by atoms with van der Waals surface area (Å²) in [5, 5.41) is 3.40. The molecule has 0 unspecified atom stereocenters. The van der Waals surface area contributed by atoms with Crippen molar-refractivity contribution in [1.29, 1.82) is 0 Å². The van der Waals surface area contributed by atoms with E-state index in [1.165, 1.54) is 31.4 Å². The Balaban J connectivity index is 2.35. The summed E-state index contributed by atoms with van der Waals surface area (Å²) in [4.78, 5) is 11.2. The maximum atomic E-state index is 12.6. The van der Waals surface area contributed by atoms with Gasteiger partial charge < -0.3 is 10.5 Å². The number of anilines is 1. The van der Waals surface area contributed by atoms with E-state index in [0.29, 0.717) is 5.69 Å². The summed E-state index contributed by atoms with van der Waals surface area (Å²) in [5.41, 5.74) is 4.31. The fourth-order valence-electron chi connectivity index (χ4n) is 1.61. The number of nitrogen functional groups attached to an aromatic ring is 1. The number of carbonyl (C=O) groups is 1. The van der Waals surface area contributed by atoms with E-state index >= 15 is 0 Å². The monoisotopic (exact) mass is 285 g/mol. The first-order valence-electron chi connectivity index (χ1n) is 5.44. The van der Waals surface area contributed by atoms with Gasteiger partial charge in [-0.2, -0.15) is 18.3 Å². The molecule has 0 atom stereocenters. The normalized spacial score (nSPS) is 11.4. The van der Waals surface area contributed by atoms with Gasteiger partial charge in [-0.25, -0.2) is 9.48 Å². The molecule has 0 aliphatic rings. The number of methoxy groups -OCH3 is 1. The molecule has 0 spiro atoms. The molecule has 5 nitrogen and oxygen atoms in total. The van der Waals surface area contributed by atoms with Crippen molar-refractivity contribution < 1.29 is 22.7 Å². The van der Waals surface area contributed by atoms with Gasteiger partial charge in [-0.05, 0) is 24.3 Å². The lowest BCUT2D eigenvalue weighted by molar-refractivity contribution is -0.140. The molecule has 2 aromatic rings. The van der Waals surface area contributed by atoms with Crippen LogP contribution in [0.3, 0.4) is 0 Å². The molecular weight excluding hydrogens is 275 g/mol. The van der Waals surface area contributed by atoms with Gasteiger partial charge in [0.15, 0.2) is 5.69 Å². The van der Waals surface area contributed by atoms with Crippen molar-refractivity contribution in [2.75, 3.05) is 12.8 Å². The molecule has 1 heterocycles. The molecule has 0 radical (unpaired) electrons. The Bertz CT molecular complexity index is 632. The Morgan fingerprint density at radius 3 is 2.35 bits per heavy atom. The summed E-state index contributed by atoms with van der Waals surface area (Å²) in [6.07, 6.45) is -3.54. The third-order valence-electron chi connectivity index (χ3n) is 2.56. The first-order chi connectivity index (χ1) is 9.32. The molecule has 0 aliphatic carbocycles. The molecule has 0 bridgehead atoms. The standard InChI is InChI=1S/C12H10F3N3O2/c1-20-11(19)7-2-4-8(5-3-7)18-6-9(16)10(17-18)12(13,14)15/h2-6H,16H2,1H3. The Labute approximate surface area is 111 Å². The minimum Gasteiger partial charge on any atom is -0.465 e. The fraction of sp³-hybridized carbons (Fsp3) is 0.167. The Morgan fingerprint density at radius 2 is 1.90 bits per heavy atom. The molecule has 0 amide bonds. The van der Waals surface area contributed by atoms with Crippen molar-refractivity contribution in [2.45, 2.75) is 6.18 Å². The minimum atomic E-state index is -4.61. The smallest absolute Gasteiger partial charge is 0.437 e. The molecule has 20 heavy (non-hydrogen) atoms. The van der Waals surface area contributed by atoms with Crippen LogP contribution in [0.1, 0.15) is 16.1 Å². The number of rotatable bonds is 2. The van der Waals surface area contributed by atoms with E-state index in [0.717, 1.165) is 10.9 Å². The number of hydrogen-bond acceptors (Lipinski definition) is 4. The maximum Gasteiger partial charge on any atom is 0.437 e. The highest BCUT2D eigenvalue weighted by atomic mass is 19.4. The summed E-state index contributed by atoms with van der Waals surface area (Å²) in [6.45, 7) is 0. The average Bonchev–Trinajstić information content (AvgIpc) is 2.80. The zero-order valence-corrected chi connectivity index (χ0v) is 10.3. The second-order valence-corrected chi connectivity index (χ2v) is 3.91. The van der Waals surface area contributed by atoms with Crippen LogP contribution >= 0.6 is 0 Å². The van der Waals surface area contributed by atoms with Crippen LogP contribution in [0, 0.1) is 0 Å². The molecular formula is C12H10F3N3O2. The van der Waals surface area contributed by atoms with Crippen molar-refractivity contribution in [2.24, 2.45) is 0 Å². The first kappa shape index (κ1) is 13.9. The maximum absolute atomic E-state index is 12.6. The van der Waals surface area contributed by atoms with Gasteiger partial charge in [0.25, 0.3) is 0 Å². The topological polar surface area (TPSA) is 70.1 Å². The number of nitrogens with zero attached hydrogens (tertiary/aromatic N) is 2. The molecule has 106 valence electrons. The zero-order chi connectivity index (χ0) is 14.9. The average molecular weight is 285 g/mol. The first-order valence-corrected chi connectivity index (χ1v) is 5.44. The van der Waals surface area contributed by atoms with Crippen LogP contribution in [0.15, 0.2) is 30.5 Å². The summed E-state index contributed by atoms with van der Waals surface area (Å²) in [6, 6.07) is 5.73. The number of halogens is 3. The highest BCUT2D eigenvalue weighted by Gasteiger charge is 2.36. The summed E-state index contributed by atoms with van der Waals surface area (Å²) < 4.78 is 43.2. The van der Waals surface area contributed by atoms with Gasteiger partial charge >= 0.3 is 12.1 Å². The molecule has 0 saturated heterocycles. The second-order valence-electron chi connectivity index (χ2n) is 3.91. The highest BCUT2D eigenvalue weighted by Crippen LogP contribution is 2.32. The van der Waals surface area contributed by atoms with Crippen LogP contribution in [0.4, 0.5) is 18.9 Å². The second kappa shape index (κ2) is 4.87. The highest BCUT2D eigenvalue weighted by molar-refractivity contribution is 5.89. The Morgan fingerprint density at radius 1 is 1.30 bits per heavy atom. The van der Waals surface area contributed by atoms with Gasteiger partial charge in [-0.1, -0.05) is 0 Å². The predicted molar refractivity (Wildman–Crippen MR) is 64.3 cm³/mol. The number of esters is 1. The summed E-state index contributed by atoms with van der Waals surface area (Å²) >= 11 is 0. The Hall–Kier alpha value is -2.51. The fourth-order valence-corrected chi connectivity index (χ4v) is 1.61. The molecule has 2 N–H and O–H groups in total. The van der Waals surface area contributed by atoms with Gasteiger partial charge in [-0.3, -0.25) is 0 Å². The van der Waals surface area contributed by atoms with E-state index in [4.69, 9.17) is 5.73 Å². The van der Waals surface area contributed by atoms with Crippen molar-refractivity contribution in [3.63, 3.8) is 0 Å². The van der Waals surface area contributed by atoms with Crippen LogP contribution in [-0.4, -0.2) is 22.9 Å². The third-order valence-corrected chi connectivity index (χ3v) is 2.56. The van der Waals surface area contributed by atoms with Crippen molar-refractivity contribution in [3.05, 3.63) is 41.7 Å². The number of ether oxygens (including phenoxy) is 1. The molecule has 0 saturated carbocycles. The number of benzene rings is 1. The van der Waals surface area contributed by atoms with Crippen LogP contribution in [0.5, 0.6) is 0 Å². The van der Waals surface area contributed by atoms with E-state index in [2.05, 4.69) is 9.84 Å². The van der Waals surface area contributed by atoms with Crippen LogP contribution in [-0.2, 0) is 10.9 Å². The van der Waals surface area contributed by atoms with E-state index in [1.807, 2.05) is 0 Å². The van der Waals surface area contributed by atoms with Crippen molar-refractivity contribution in [1.82, 2.24) is 9.78 Å². The van der Waals surface area contributed by atoms with Crippen molar-refractivity contribution >= 4 is 11.7 Å². The van der Waals surface area contributed by atoms with Gasteiger partial charge in [-0.15, -0.1) is 0 Å². The summed E-state index contributed by atoms with van der Waals surface area (Å²) in [5.74, 6) is -0.535. The van der Waals surface area contributed by atoms with Gasteiger partial charge in [0.2, 0.25) is 0 Å². The number of alkyl halides is 3. The number of carbonyl (C=O) groups excluding carboxylic acids is 1.